The first kappa shape index (κ1) is 14.3. The van der Waals surface area contributed by atoms with Gasteiger partial charge in [-0.05, 0) is 12.5 Å². The Hall–Kier alpha value is -2.11. The molecule has 1 fully saturated rings. The van der Waals surface area contributed by atoms with E-state index in [0.717, 1.165) is 12.0 Å². The van der Waals surface area contributed by atoms with Gasteiger partial charge in [-0.1, -0.05) is 19.4 Å². The van der Waals surface area contributed by atoms with E-state index in [0.29, 0.717) is 18.8 Å². The van der Waals surface area contributed by atoms with Gasteiger partial charge in [0.15, 0.2) is 0 Å². The summed E-state index contributed by atoms with van der Waals surface area (Å²) in [5.74, 6) is 0.324. The molecule has 6 heteroatoms. The van der Waals surface area contributed by atoms with Crippen molar-refractivity contribution < 1.29 is 14.3 Å². The number of hydrogen-bond donors (Lipinski definition) is 1. The zero-order chi connectivity index (χ0) is 14.5. The number of ether oxygens (including phenoxy) is 1. The summed E-state index contributed by atoms with van der Waals surface area (Å²) in [5, 5.41) is 2.63. The van der Waals surface area contributed by atoms with E-state index >= 15 is 0 Å². The van der Waals surface area contributed by atoms with E-state index in [2.05, 4.69) is 10.3 Å². The van der Waals surface area contributed by atoms with Crippen LogP contribution in [-0.4, -0.2) is 41.4 Å². The molecule has 1 atom stereocenters. The van der Waals surface area contributed by atoms with Gasteiger partial charge in [0, 0.05) is 11.8 Å². The Morgan fingerprint density at radius 1 is 1.50 bits per heavy atom. The molecule has 1 aromatic rings. The molecule has 2 amide bonds. The number of nitrogens with one attached hydrogen (secondary N) is 1. The van der Waals surface area contributed by atoms with Crippen molar-refractivity contribution in [2.45, 2.75) is 32.4 Å². The lowest BCUT2D eigenvalue weighted by Gasteiger charge is -2.35. The summed E-state index contributed by atoms with van der Waals surface area (Å²) in [4.78, 5) is 29.7. The van der Waals surface area contributed by atoms with Crippen LogP contribution in [0.15, 0.2) is 18.3 Å². The molecule has 0 aliphatic carbocycles. The maximum atomic E-state index is 12.1. The number of amides is 2. The Kier molecular flexibility index (Phi) is 4.55. The largest absolute Gasteiger partial charge is 0.481 e. The van der Waals surface area contributed by atoms with Crippen molar-refractivity contribution in [3.05, 3.63) is 23.9 Å². The lowest BCUT2D eigenvalue weighted by atomic mass is 10.1. The number of nitrogens with zero attached hydrogens (tertiary/aromatic N) is 2. The predicted octanol–water partition coefficient (Wildman–Crippen LogP) is 0.717. The van der Waals surface area contributed by atoms with Crippen LogP contribution in [0.5, 0.6) is 5.88 Å². The van der Waals surface area contributed by atoms with Crippen LogP contribution in [0.25, 0.3) is 0 Å². The summed E-state index contributed by atoms with van der Waals surface area (Å²) in [7, 11) is 1.54. The van der Waals surface area contributed by atoms with Gasteiger partial charge in [0.2, 0.25) is 17.7 Å². The second kappa shape index (κ2) is 6.36. The molecule has 1 aliphatic heterocycles. The number of piperazine rings is 1. The summed E-state index contributed by atoms with van der Waals surface area (Å²) in [6, 6.07) is 3.24. The van der Waals surface area contributed by atoms with Crippen molar-refractivity contribution in [3.63, 3.8) is 0 Å². The van der Waals surface area contributed by atoms with Crippen molar-refractivity contribution in [3.8, 4) is 5.88 Å². The third kappa shape index (κ3) is 2.89. The minimum atomic E-state index is -0.411. The summed E-state index contributed by atoms with van der Waals surface area (Å²) in [6.45, 7) is 2.39. The highest BCUT2D eigenvalue weighted by Crippen LogP contribution is 2.20. The Balaban J connectivity index is 2.23. The zero-order valence-corrected chi connectivity index (χ0v) is 11.8. The topological polar surface area (TPSA) is 71.5 Å². The average molecular weight is 277 g/mol. The van der Waals surface area contributed by atoms with Crippen molar-refractivity contribution in [2.75, 3.05) is 13.7 Å². The Bertz CT molecular complexity index is 504. The molecule has 0 bridgehead atoms. The second-order valence-corrected chi connectivity index (χ2v) is 4.72. The van der Waals surface area contributed by atoms with Crippen LogP contribution in [0.3, 0.4) is 0 Å². The minimum Gasteiger partial charge on any atom is -0.481 e. The Morgan fingerprint density at radius 2 is 2.30 bits per heavy atom. The standard InChI is InChI=1S/C14H19N3O3/c1-3-5-11-13(19)16-8-12(18)17(11)9-10-6-4-7-15-14(10)20-2/h4,6-7,11H,3,5,8-9H2,1-2H3,(H,16,19). The number of aromatic nitrogens is 1. The molecule has 0 aromatic carbocycles. The fourth-order valence-corrected chi connectivity index (χ4v) is 2.37. The second-order valence-electron chi connectivity index (χ2n) is 4.72. The van der Waals surface area contributed by atoms with Crippen molar-refractivity contribution >= 4 is 11.8 Å². The van der Waals surface area contributed by atoms with E-state index in [1.165, 1.54) is 0 Å². The molecular weight excluding hydrogens is 258 g/mol. The molecule has 6 nitrogen and oxygen atoms in total. The molecule has 1 aliphatic rings. The summed E-state index contributed by atoms with van der Waals surface area (Å²) < 4.78 is 5.19. The highest BCUT2D eigenvalue weighted by atomic mass is 16.5. The van der Waals surface area contributed by atoms with E-state index in [4.69, 9.17) is 4.74 Å². The summed E-state index contributed by atoms with van der Waals surface area (Å²) >= 11 is 0. The number of pyridine rings is 1. The van der Waals surface area contributed by atoms with Gasteiger partial charge >= 0.3 is 0 Å². The van der Waals surface area contributed by atoms with Crippen molar-refractivity contribution in [1.29, 1.82) is 0 Å². The normalized spacial score (nSPS) is 18.9. The lowest BCUT2D eigenvalue weighted by molar-refractivity contribution is -0.146. The van der Waals surface area contributed by atoms with Crippen LogP contribution >= 0.6 is 0 Å². The zero-order valence-electron chi connectivity index (χ0n) is 11.8. The van der Waals surface area contributed by atoms with Gasteiger partial charge in [-0.15, -0.1) is 0 Å². The van der Waals surface area contributed by atoms with E-state index in [-0.39, 0.29) is 18.4 Å². The first-order valence-electron chi connectivity index (χ1n) is 6.72. The lowest BCUT2D eigenvalue weighted by Crippen LogP contribution is -2.57. The van der Waals surface area contributed by atoms with Crippen molar-refractivity contribution in [2.24, 2.45) is 0 Å². The van der Waals surface area contributed by atoms with Crippen LogP contribution in [0.2, 0.25) is 0 Å². The number of methoxy groups -OCH3 is 1. The van der Waals surface area contributed by atoms with Crippen LogP contribution in [0.4, 0.5) is 0 Å². The molecule has 1 N–H and O–H groups in total. The minimum absolute atomic E-state index is 0.0572. The molecule has 2 heterocycles. The van der Waals surface area contributed by atoms with Gasteiger partial charge in [0.25, 0.3) is 0 Å². The molecule has 1 unspecified atom stereocenters. The smallest absolute Gasteiger partial charge is 0.243 e. The van der Waals surface area contributed by atoms with Crippen LogP contribution in [-0.2, 0) is 16.1 Å². The van der Waals surface area contributed by atoms with Gasteiger partial charge in [-0.3, -0.25) is 9.59 Å². The van der Waals surface area contributed by atoms with Gasteiger partial charge in [0.05, 0.1) is 20.2 Å². The quantitative estimate of drug-likeness (QED) is 0.860. The highest BCUT2D eigenvalue weighted by molar-refractivity contribution is 5.94. The number of carbonyl (C=O) groups excluding carboxylic acids is 2. The van der Waals surface area contributed by atoms with Crippen LogP contribution in [0.1, 0.15) is 25.3 Å². The molecule has 0 saturated carbocycles. The molecule has 1 saturated heterocycles. The fourth-order valence-electron chi connectivity index (χ4n) is 2.37. The Labute approximate surface area is 118 Å². The maximum absolute atomic E-state index is 12.1. The molecule has 20 heavy (non-hydrogen) atoms. The SMILES string of the molecule is CCCC1C(=O)NCC(=O)N1Cc1cccnc1OC. The van der Waals surface area contributed by atoms with E-state index in [1.54, 1.807) is 24.3 Å². The maximum Gasteiger partial charge on any atom is 0.243 e. The summed E-state index contributed by atoms with van der Waals surface area (Å²) in [6.07, 6.45) is 3.13. The average Bonchev–Trinajstić information content (AvgIpc) is 2.47. The van der Waals surface area contributed by atoms with Gasteiger partial charge in [0.1, 0.15) is 6.04 Å². The molecular formula is C14H19N3O3. The fraction of sp³-hybridized carbons (Fsp3) is 0.500. The monoisotopic (exact) mass is 277 g/mol. The van der Waals surface area contributed by atoms with E-state index in [1.807, 2.05) is 13.0 Å². The predicted molar refractivity (Wildman–Crippen MR) is 73.0 cm³/mol. The summed E-state index contributed by atoms with van der Waals surface area (Å²) in [5.41, 5.74) is 0.805. The molecule has 108 valence electrons. The first-order valence-corrected chi connectivity index (χ1v) is 6.72. The van der Waals surface area contributed by atoms with Gasteiger partial charge < -0.3 is 15.0 Å². The van der Waals surface area contributed by atoms with E-state index < -0.39 is 6.04 Å². The van der Waals surface area contributed by atoms with Crippen LogP contribution < -0.4 is 10.1 Å². The Morgan fingerprint density at radius 3 is 3.00 bits per heavy atom. The molecule has 1 aromatic heterocycles. The first-order chi connectivity index (χ1) is 9.67. The highest BCUT2D eigenvalue weighted by Gasteiger charge is 2.34. The number of carbonyl (C=O) groups is 2. The molecule has 2 rings (SSSR count). The van der Waals surface area contributed by atoms with Gasteiger partial charge in [-0.2, -0.15) is 0 Å². The molecule has 0 radical (unpaired) electrons. The molecule has 0 spiro atoms. The third-order valence-electron chi connectivity index (χ3n) is 3.36. The number of rotatable bonds is 5. The third-order valence-corrected chi connectivity index (χ3v) is 3.36. The van der Waals surface area contributed by atoms with Gasteiger partial charge in [-0.25, -0.2) is 4.98 Å². The van der Waals surface area contributed by atoms with E-state index in [9.17, 15) is 9.59 Å². The van der Waals surface area contributed by atoms with Crippen molar-refractivity contribution in [1.82, 2.24) is 15.2 Å². The van der Waals surface area contributed by atoms with Crippen LogP contribution in [0, 0.1) is 0 Å². The number of hydrogen-bond acceptors (Lipinski definition) is 4.